The van der Waals surface area contributed by atoms with Crippen LogP contribution in [0, 0.1) is 36.7 Å². The van der Waals surface area contributed by atoms with Gasteiger partial charge in [-0.25, -0.2) is 4.39 Å². The Morgan fingerprint density at radius 2 is 1.89 bits per heavy atom. The number of nitrogens with one attached hydrogen (secondary N) is 1. The van der Waals surface area contributed by atoms with Gasteiger partial charge in [0.25, 0.3) is 5.69 Å². The SMILES string of the molecule is COc1ccc([N+](=O)[O-])cc1-n1c(C)cc([C@@H]2[C@@H](c3ccccn3)NC(=S)N2c2ccc(F)c(C)c2)c1C. The summed E-state index contributed by atoms with van der Waals surface area (Å²) < 4.78 is 21.7. The Labute approximate surface area is 224 Å². The number of thiocarbonyl (C=S) groups is 1. The number of ether oxygens (including phenoxy) is 1. The maximum atomic E-state index is 14.2. The molecule has 0 saturated carbocycles. The van der Waals surface area contributed by atoms with Crippen LogP contribution in [-0.2, 0) is 0 Å². The second-order valence-electron chi connectivity index (χ2n) is 9.21. The molecule has 1 fully saturated rings. The number of methoxy groups -OCH3 is 1. The number of halogens is 1. The van der Waals surface area contributed by atoms with E-state index in [1.54, 1.807) is 31.3 Å². The summed E-state index contributed by atoms with van der Waals surface area (Å²) in [5.41, 5.74) is 5.27. The number of benzene rings is 2. The number of aromatic nitrogens is 2. The molecule has 0 aliphatic carbocycles. The van der Waals surface area contributed by atoms with Crippen LogP contribution in [0.5, 0.6) is 5.75 Å². The van der Waals surface area contributed by atoms with Gasteiger partial charge in [-0.2, -0.15) is 0 Å². The lowest BCUT2D eigenvalue weighted by molar-refractivity contribution is -0.384. The van der Waals surface area contributed by atoms with Gasteiger partial charge in [0.15, 0.2) is 5.11 Å². The van der Waals surface area contributed by atoms with Crippen molar-refractivity contribution in [2.45, 2.75) is 32.9 Å². The van der Waals surface area contributed by atoms with Gasteiger partial charge in [-0.1, -0.05) is 6.07 Å². The number of anilines is 1. The molecule has 0 unspecified atom stereocenters. The zero-order valence-electron chi connectivity index (χ0n) is 21.3. The van der Waals surface area contributed by atoms with Crippen molar-refractivity contribution in [1.29, 1.82) is 0 Å². The minimum atomic E-state index is -0.424. The number of nitrogens with zero attached hydrogens (tertiary/aromatic N) is 4. The molecule has 1 saturated heterocycles. The molecule has 194 valence electrons. The average molecular weight is 532 g/mol. The van der Waals surface area contributed by atoms with E-state index in [2.05, 4.69) is 10.3 Å². The fourth-order valence-electron chi connectivity index (χ4n) is 5.15. The van der Waals surface area contributed by atoms with Crippen LogP contribution in [-0.4, -0.2) is 26.7 Å². The van der Waals surface area contributed by atoms with Crippen molar-refractivity contribution >= 4 is 28.7 Å². The summed E-state index contributed by atoms with van der Waals surface area (Å²) in [6.07, 6.45) is 1.74. The standard InChI is InChI=1S/C28H26FN5O3S/c1-16-13-19(8-10-22(16)29)33-27(26(31-28(33)38)23-7-5-6-12-30-23)21-14-17(2)32(18(21)3)24-15-20(34(35)36)9-11-25(24)37-4/h5-15,26-27H,1-4H3,(H,31,38)/t26-,27-/m1/s1. The molecule has 0 radical (unpaired) electrons. The first-order chi connectivity index (χ1) is 18.2. The van der Waals surface area contributed by atoms with E-state index in [-0.39, 0.29) is 23.6 Å². The van der Waals surface area contributed by atoms with Gasteiger partial charge < -0.3 is 19.5 Å². The third-order valence-corrected chi connectivity index (χ3v) is 7.24. The van der Waals surface area contributed by atoms with Crippen LogP contribution in [0.1, 0.15) is 40.3 Å². The lowest BCUT2D eigenvalue weighted by Crippen LogP contribution is -2.29. The van der Waals surface area contributed by atoms with Gasteiger partial charge in [-0.05, 0) is 86.6 Å². The van der Waals surface area contributed by atoms with E-state index in [0.717, 1.165) is 28.3 Å². The molecule has 0 spiro atoms. The van der Waals surface area contributed by atoms with Gasteiger partial charge in [0, 0.05) is 35.4 Å². The second-order valence-corrected chi connectivity index (χ2v) is 9.59. The largest absolute Gasteiger partial charge is 0.495 e. The van der Waals surface area contributed by atoms with Crippen molar-refractivity contribution in [3.63, 3.8) is 0 Å². The molecule has 38 heavy (non-hydrogen) atoms. The Morgan fingerprint density at radius 3 is 2.55 bits per heavy atom. The van der Waals surface area contributed by atoms with Crippen molar-refractivity contribution in [2.24, 2.45) is 0 Å². The van der Waals surface area contributed by atoms with Crippen molar-refractivity contribution in [3.8, 4) is 11.4 Å². The number of nitro benzene ring substituents is 1. The molecule has 5 rings (SSSR count). The quantitative estimate of drug-likeness (QED) is 0.185. The summed E-state index contributed by atoms with van der Waals surface area (Å²) >= 11 is 5.81. The van der Waals surface area contributed by atoms with Crippen LogP contribution in [0.3, 0.4) is 0 Å². The van der Waals surface area contributed by atoms with E-state index < -0.39 is 4.92 Å². The van der Waals surface area contributed by atoms with Gasteiger partial charge >= 0.3 is 0 Å². The number of hydrogen-bond acceptors (Lipinski definition) is 5. The van der Waals surface area contributed by atoms with Crippen LogP contribution in [0.2, 0.25) is 0 Å². The van der Waals surface area contributed by atoms with Gasteiger partial charge in [0.1, 0.15) is 11.6 Å². The highest BCUT2D eigenvalue weighted by atomic mass is 32.1. The fraction of sp³-hybridized carbons (Fsp3) is 0.214. The normalized spacial score (nSPS) is 17.0. The highest BCUT2D eigenvalue weighted by Crippen LogP contribution is 2.44. The number of non-ortho nitro benzene ring substituents is 1. The Balaban J connectivity index is 1.71. The van der Waals surface area contributed by atoms with E-state index in [4.69, 9.17) is 17.0 Å². The number of hydrogen-bond donors (Lipinski definition) is 1. The highest BCUT2D eigenvalue weighted by Gasteiger charge is 2.42. The van der Waals surface area contributed by atoms with Crippen LogP contribution in [0.4, 0.5) is 15.8 Å². The van der Waals surface area contributed by atoms with Gasteiger partial charge in [-0.3, -0.25) is 15.1 Å². The van der Waals surface area contributed by atoms with E-state index in [1.807, 2.05) is 47.6 Å². The van der Waals surface area contributed by atoms with Crippen molar-refractivity contribution in [3.05, 3.63) is 111 Å². The molecule has 1 aliphatic rings. The summed E-state index contributed by atoms with van der Waals surface area (Å²) in [4.78, 5) is 17.7. The summed E-state index contributed by atoms with van der Waals surface area (Å²) in [6.45, 7) is 5.63. The van der Waals surface area contributed by atoms with Gasteiger partial charge in [0.2, 0.25) is 0 Å². The van der Waals surface area contributed by atoms with Crippen LogP contribution in [0.25, 0.3) is 5.69 Å². The predicted octanol–water partition coefficient (Wildman–Crippen LogP) is 6.03. The summed E-state index contributed by atoms with van der Waals surface area (Å²) in [7, 11) is 1.54. The number of aryl methyl sites for hydroxylation is 2. The molecular weight excluding hydrogens is 505 g/mol. The molecule has 10 heteroatoms. The van der Waals surface area contributed by atoms with Crippen molar-refractivity contribution in [2.75, 3.05) is 12.0 Å². The summed E-state index contributed by atoms with van der Waals surface area (Å²) in [6, 6.07) is 16.6. The minimum Gasteiger partial charge on any atom is -0.495 e. The fourth-order valence-corrected chi connectivity index (χ4v) is 5.50. The maximum Gasteiger partial charge on any atom is 0.271 e. The monoisotopic (exact) mass is 531 g/mol. The van der Waals surface area contributed by atoms with Gasteiger partial charge in [-0.15, -0.1) is 0 Å². The molecule has 8 nitrogen and oxygen atoms in total. The maximum absolute atomic E-state index is 14.2. The second kappa shape index (κ2) is 9.86. The molecular formula is C28H26FN5O3S. The van der Waals surface area contributed by atoms with E-state index in [1.165, 1.54) is 25.3 Å². The molecule has 2 aromatic heterocycles. The lowest BCUT2D eigenvalue weighted by Gasteiger charge is -2.28. The van der Waals surface area contributed by atoms with Gasteiger partial charge in [0.05, 0.1) is 35.5 Å². The average Bonchev–Trinajstić information content (AvgIpc) is 3.40. The minimum absolute atomic E-state index is 0.0339. The lowest BCUT2D eigenvalue weighted by atomic mass is 9.96. The molecule has 0 bridgehead atoms. The summed E-state index contributed by atoms with van der Waals surface area (Å²) in [5.74, 6) is 0.219. The Bertz CT molecular complexity index is 1560. The van der Waals surface area contributed by atoms with Crippen LogP contribution >= 0.6 is 12.2 Å². The number of nitro groups is 1. The molecule has 4 aromatic rings. The first-order valence-electron chi connectivity index (χ1n) is 12.0. The smallest absolute Gasteiger partial charge is 0.271 e. The van der Waals surface area contributed by atoms with E-state index in [9.17, 15) is 14.5 Å². The topological polar surface area (TPSA) is 85.5 Å². The molecule has 0 amide bonds. The number of pyridine rings is 1. The van der Waals surface area contributed by atoms with Crippen molar-refractivity contribution in [1.82, 2.24) is 14.9 Å². The molecule has 1 aliphatic heterocycles. The van der Waals surface area contributed by atoms with Crippen LogP contribution < -0.4 is 15.0 Å². The molecule has 2 atom stereocenters. The summed E-state index contributed by atoms with van der Waals surface area (Å²) in [5, 5.41) is 15.5. The first kappa shape index (κ1) is 25.3. The molecule has 3 heterocycles. The van der Waals surface area contributed by atoms with Crippen molar-refractivity contribution < 1.29 is 14.1 Å². The highest BCUT2D eigenvalue weighted by molar-refractivity contribution is 7.80. The first-order valence-corrected chi connectivity index (χ1v) is 12.4. The third-order valence-electron chi connectivity index (χ3n) is 6.92. The van der Waals surface area contributed by atoms with Crippen LogP contribution in [0.15, 0.2) is 66.9 Å². The third kappa shape index (κ3) is 4.26. The zero-order chi connectivity index (χ0) is 27.1. The zero-order valence-corrected chi connectivity index (χ0v) is 22.1. The number of rotatable bonds is 6. The Hall–Kier alpha value is -4.31. The van der Waals surface area contributed by atoms with E-state index in [0.29, 0.717) is 22.1 Å². The Kier molecular flexibility index (Phi) is 6.58. The molecule has 2 aromatic carbocycles. The Morgan fingerprint density at radius 1 is 1.11 bits per heavy atom. The van der Waals surface area contributed by atoms with E-state index >= 15 is 0 Å². The molecule has 1 N–H and O–H groups in total. The predicted molar refractivity (Wildman–Crippen MR) is 148 cm³/mol.